The van der Waals surface area contributed by atoms with Crippen LogP contribution in [0.25, 0.3) is 0 Å². The summed E-state index contributed by atoms with van der Waals surface area (Å²) in [5.74, 6) is 0. The number of hydrogen-bond acceptors (Lipinski definition) is 1. The topological polar surface area (TPSA) is 36.0 Å². The Kier molecular flexibility index (Phi) is 2.18. The number of aliphatic hydroxyl groups is 1. The fourth-order valence-corrected chi connectivity index (χ4v) is 1.95. The summed E-state index contributed by atoms with van der Waals surface area (Å²) in [5, 5.41) is 10.1. The Morgan fingerprint density at radius 3 is 2.57 bits per heavy atom. The molecule has 2 N–H and O–H groups in total. The Morgan fingerprint density at radius 2 is 2.14 bits per heavy atom. The largest absolute Gasteiger partial charge is 0.387 e. The molecule has 0 bridgehead atoms. The molecule has 0 radical (unpaired) electrons. The van der Waals surface area contributed by atoms with E-state index in [4.69, 9.17) is 0 Å². The summed E-state index contributed by atoms with van der Waals surface area (Å²) >= 11 is 0. The van der Waals surface area contributed by atoms with E-state index in [9.17, 15) is 5.11 Å². The first-order valence-corrected chi connectivity index (χ1v) is 5.34. The zero-order chi connectivity index (χ0) is 10.3. The van der Waals surface area contributed by atoms with Crippen molar-refractivity contribution in [2.24, 2.45) is 5.41 Å². The third-order valence-corrected chi connectivity index (χ3v) is 3.56. The summed E-state index contributed by atoms with van der Waals surface area (Å²) in [4.78, 5) is 3.17. The van der Waals surface area contributed by atoms with Crippen LogP contribution in [-0.2, 0) is 0 Å². The van der Waals surface area contributed by atoms with Crippen LogP contribution >= 0.6 is 0 Å². The number of nitrogens with one attached hydrogen (secondary N) is 1. The quantitative estimate of drug-likeness (QED) is 0.760. The second-order valence-electron chi connectivity index (χ2n) is 5.04. The molecule has 2 rings (SSSR count). The van der Waals surface area contributed by atoms with Crippen LogP contribution in [0.1, 0.15) is 49.1 Å². The van der Waals surface area contributed by atoms with Gasteiger partial charge in [0.25, 0.3) is 0 Å². The number of aryl methyl sites for hydroxylation is 1. The van der Waals surface area contributed by atoms with Crippen molar-refractivity contribution in [1.82, 2.24) is 4.98 Å². The molecular formula is C12H19NO. The van der Waals surface area contributed by atoms with Gasteiger partial charge in [0.1, 0.15) is 0 Å². The first-order valence-electron chi connectivity index (χ1n) is 5.34. The molecule has 2 heteroatoms. The number of H-pyrrole nitrogens is 1. The van der Waals surface area contributed by atoms with E-state index in [0.29, 0.717) is 5.41 Å². The molecule has 1 saturated carbocycles. The van der Waals surface area contributed by atoms with Crippen LogP contribution in [0.2, 0.25) is 0 Å². The van der Waals surface area contributed by atoms with Gasteiger partial charge in [-0.25, -0.2) is 0 Å². The minimum Gasteiger partial charge on any atom is -0.387 e. The van der Waals surface area contributed by atoms with Gasteiger partial charge in [-0.1, -0.05) is 6.92 Å². The summed E-state index contributed by atoms with van der Waals surface area (Å²) in [6, 6.07) is 0. The van der Waals surface area contributed by atoms with E-state index >= 15 is 0 Å². The molecule has 0 saturated heterocycles. The van der Waals surface area contributed by atoms with Gasteiger partial charge in [0.05, 0.1) is 6.10 Å². The van der Waals surface area contributed by atoms with E-state index in [0.717, 1.165) is 12.1 Å². The standard InChI is InChI=1S/C12H19NO/c1-8-7-13-11(9(8)2)10(14)6-12(3)4-5-12/h7,10,13-14H,4-6H2,1-3H3. The highest BCUT2D eigenvalue weighted by molar-refractivity contribution is 5.29. The van der Waals surface area contributed by atoms with Gasteiger partial charge in [-0.3, -0.25) is 0 Å². The Morgan fingerprint density at radius 1 is 1.50 bits per heavy atom. The highest BCUT2D eigenvalue weighted by Gasteiger charge is 2.39. The second kappa shape index (κ2) is 3.13. The van der Waals surface area contributed by atoms with Gasteiger partial charge in [-0.15, -0.1) is 0 Å². The molecule has 1 aliphatic rings. The third kappa shape index (κ3) is 1.71. The van der Waals surface area contributed by atoms with Gasteiger partial charge >= 0.3 is 0 Å². The average molecular weight is 193 g/mol. The zero-order valence-electron chi connectivity index (χ0n) is 9.22. The molecule has 2 nitrogen and oxygen atoms in total. The van der Waals surface area contributed by atoms with Gasteiger partial charge in [0.15, 0.2) is 0 Å². The normalized spacial score (nSPS) is 20.9. The summed E-state index contributed by atoms with van der Waals surface area (Å²) in [6.45, 7) is 6.39. The fraction of sp³-hybridized carbons (Fsp3) is 0.667. The molecule has 1 fully saturated rings. The Balaban J connectivity index is 2.10. The van der Waals surface area contributed by atoms with Crippen LogP contribution in [0.15, 0.2) is 6.20 Å². The molecule has 1 aromatic rings. The Bertz CT molecular complexity index is 336. The number of rotatable bonds is 3. The van der Waals surface area contributed by atoms with E-state index < -0.39 is 0 Å². The molecule has 1 aliphatic carbocycles. The van der Waals surface area contributed by atoms with Crippen LogP contribution in [0, 0.1) is 19.3 Å². The van der Waals surface area contributed by atoms with Crippen molar-refractivity contribution in [3.8, 4) is 0 Å². The predicted octanol–water partition coefficient (Wildman–Crippen LogP) is 2.86. The Hall–Kier alpha value is -0.760. The third-order valence-electron chi connectivity index (χ3n) is 3.56. The van der Waals surface area contributed by atoms with Crippen LogP contribution in [0.3, 0.4) is 0 Å². The van der Waals surface area contributed by atoms with Crippen molar-refractivity contribution >= 4 is 0 Å². The summed E-state index contributed by atoms with van der Waals surface area (Å²) in [5.41, 5.74) is 3.86. The van der Waals surface area contributed by atoms with Crippen LogP contribution in [-0.4, -0.2) is 10.1 Å². The molecule has 1 atom stereocenters. The minimum atomic E-state index is -0.309. The molecule has 0 spiro atoms. The zero-order valence-corrected chi connectivity index (χ0v) is 9.22. The molecule has 14 heavy (non-hydrogen) atoms. The van der Waals surface area contributed by atoms with Crippen molar-refractivity contribution in [1.29, 1.82) is 0 Å². The summed E-state index contributed by atoms with van der Waals surface area (Å²) in [6.07, 6.45) is 5.10. The Labute approximate surface area is 85.3 Å². The van der Waals surface area contributed by atoms with Crippen molar-refractivity contribution in [3.63, 3.8) is 0 Å². The average Bonchev–Trinajstić information content (AvgIpc) is 2.73. The maximum absolute atomic E-state index is 10.1. The van der Waals surface area contributed by atoms with Crippen LogP contribution in [0.4, 0.5) is 0 Å². The first-order chi connectivity index (χ1) is 6.52. The van der Waals surface area contributed by atoms with Crippen molar-refractivity contribution in [3.05, 3.63) is 23.0 Å². The lowest BCUT2D eigenvalue weighted by atomic mass is 9.97. The molecule has 0 aromatic carbocycles. The lowest BCUT2D eigenvalue weighted by Gasteiger charge is -2.15. The van der Waals surface area contributed by atoms with Gasteiger partial charge < -0.3 is 10.1 Å². The second-order valence-corrected chi connectivity index (χ2v) is 5.04. The smallest absolute Gasteiger partial charge is 0.0945 e. The number of hydrogen-bond donors (Lipinski definition) is 2. The first kappa shape index (κ1) is 9.78. The van der Waals surface area contributed by atoms with Gasteiger partial charge in [-0.05, 0) is 49.7 Å². The number of aliphatic hydroxyl groups excluding tert-OH is 1. The van der Waals surface area contributed by atoms with Crippen LogP contribution in [0.5, 0.6) is 0 Å². The highest BCUT2D eigenvalue weighted by atomic mass is 16.3. The number of aromatic amines is 1. The molecule has 1 heterocycles. The van der Waals surface area contributed by atoms with E-state index in [-0.39, 0.29) is 6.10 Å². The highest BCUT2D eigenvalue weighted by Crippen LogP contribution is 2.51. The SMILES string of the molecule is Cc1c[nH]c(C(O)CC2(C)CC2)c1C. The fourth-order valence-electron chi connectivity index (χ4n) is 1.95. The number of aromatic nitrogens is 1. The van der Waals surface area contributed by atoms with Gasteiger partial charge in [0, 0.05) is 11.9 Å². The van der Waals surface area contributed by atoms with E-state index in [1.165, 1.54) is 24.0 Å². The summed E-state index contributed by atoms with van der Waals surface area (Å²) < 4.78 is 0. The predicted molar refractivity (Wildman–Crippen MR) is 57.2 cm³/mol. The minimum absolute atomic E-state index is 0.309. The lowest BCUT2D eigenvalue weighted by molar-refractivity contribution is 0.137. The maximum atomic E-state index is 10.1. The van der Waals surface area contributed by atoms with Crippen molar-refractivity contribution < 1.29 is 5.11 Å². The van der Waals surface area contributed by atoms with Crippen molar-refractivity contribution in [2.75, 3.05) is 0 Å². The van der Waals surface area contributed by atoms with E-state index in [2.05, 4.69) is 25.8 Å². The monoisotopic (exact) mass is 193 g/mol. The molecule has 1 unspecified atom stereocenters. The molecule has 0 aliphatic heterocycles. The van der Waals surface area contributed by atoms with Crippen molar-refractivity contribution in [2.45, 2.75) is 46.1 Å². The van der Waals surface area contributed by atoms with Crippen LogP contribution < -0.4 is 0 Å². The van der Waals surface area contributed by atoms with E-state index in [1.807, 2.05) is 6.20 Å². The van der Waals surface area contributed by atoms with Gasteiger partial charge in [-0.2, -0.15) is 0 Å². The molecule has 0 amide bonds. The maximum Gasteiger partial charge on any atom is 0.0945 e. The molecule has 78 valence electrons. The molecular weight excluding hydrogens is 174 g/mol. The van der Waals surface area contributed by atoms with E-state index in [1.54, 1.807) is 0 Å². The molecule has 1 aromatic heterocycles. The van der Waals surface area contributed by atoms with Gasteiger partial charge in [0.2, 0.25) is 0 Å². The summed E-state index contributed by atoms with van der Waals surface area (Å²) in [7, 11) is 0. The lowest BCUT2D eigenvalue weighted by Crippen LogP contribution is -2.06.